The maximum absolute atomic E-state index is 5.35. The highest BCUT2D eigenvalue weighted by atomic mass is 15.1. The lowest BCUT2D eigenvalue weighted by atomic mass is 10.5. The molecular weight excluding hydrogens is 126 g/mol. The van der Waals surface area contributed by atoms with E-state index in [1.165, 1.54) is 0 Å². The molecule has 0 aromatic carbocycles. The third-order valence-electron chi connectivity index (χ3n) is 1.38. The predicted octanol–water partition coefficient (Wildman–Crippen LogP) is 0.315. The average Bonchev–Trinajstić information content (AvgIpc) is 1.87. The molecule has 0 saturated carbocycles. The molecule has 3 nitrogen and oxygen atoms in total. The summed E-state index contributed by atoms with van der Waals surface area (Å²) in [5.74, 6) is 0.671. The van der Waals surface area contributed by atoms with E-state index in [-0.39, 0.29) is 0 Å². The standard InChI is InChI=1S/C7H17N3/c1-4-10(3)6-5-9-7(2)8/h4-6H2,1-3H3,(H2,8,9). The summed E-state index contributed by atoms with van der Waals surface area (Å²) in [5.41, 5.74) is 5.35. The normalized spacial score (nSPS) is 12.6. The van der Waals surface area contributed by atoms with Crippen molar-refractivity contribution < 1.29 is 0 Å². The van der Waals surface area contributed by atoms with Crippen LogP contribution in [0.15, 0.2) is 4.99 Å². The van der Waals surface area contributed by atoms with E-state index >= 15 is 0 Å². The van der Waals surface area contributed by atoms with Crippen molar-refractivity contribution in [1.82, 2.24) is 4.90 Å². The van der Waals surface area contributed by atoms with Crippen molar-refractivity contribution in [1.29, 1.82) is 0 Å². The van der Waals surface area contributed by atoms with Gasteiger partial charge in [0.25, 0.3) is 0 Å². The van der Waals surface area contributed by atoms with E-state index in [2.05, 4.69) is 23.9 Å². The quantitative estimate of drug-likeness (QED) is 0.455. The maximum Gasteiger partial charge on any atom is 0.0906 e. The van der Waals surface area contributed by atoms with Crippen LogP contribution in [0, 0.1) is 0 Å². The number of nitrogens with zero attached hydrogens (tertiary/aromatic N) is 2. The van der Waals surface area contributed by atoms with Crippen LogP contribution in [-0.4, -0.2) is 37.4 Å². The average molecular weight is 143 g/mol. The summed E-state index contributed by atoms with van der Waals surface area (Å²) >= 11 is 0. The van der Waals surface area contributed by atoms with E-state index in [0.717, 1.165) is 19.6 Å². The zero-order chi connectivity index (χ0) is 7.98. The Bertz CT molecular complexity index is 105. The Morgan fingerprint density at radius 2 is 2.20 bits per heavy atom. The molecule has 0 aliphatic rings. The van der Waals surface area contributed by atoms with Gasteiger partial charge in [-0.05, 0) is 20.5 Å². The van der Waals surface area contributed by atoms with Crippen molar-refractivity contribution >= 4 is 5.84 Å². The molecule has 0 radical (unpaired) electrons. The van der Waals surface area contributed by atoms with Crippen molar-refractivity contribution in [3.8, 4) is 0 Å². The lowest BCUT2D eigenvalue weighted by molar-refractivity contribution is 0.363. The Morgan fingerprint density at radius 1 is 1.60 bits per heavy atom. The van der Waals surface area contributed by atoms with Crippen molar-refractivity contribution in [2.24, 2.45) is 10.7 Å². The maximum atomic E-state index is 5.35. The van der Waals surface area contributed by atoms with Gasteiger partial charge in [-0.25, -0.2) is 0 Å². The van der Waals surface area contributed by atoms with E-state index in [9.17, 15) is 0 Å². The minimum absolute atomic E-state index is 0.671. The molecule has 0 amide bonds. The molecule has 0 atom stereocenters. The molecule has 0 aromatic rings. The van der Waals surface area contributed by atoms with Gasteiger partial charge in [0, 0.05) is 6.54 Å². The summed E-state index contributed by atoms with van der Waals surface area (Å²) in [6.45, 7) is 6.81. The molecule has 60 valence electrons. The fourth-order valence-electron chi connectivity index (χ4n) is 0.555. The molecule has 0 rings (SSSR count). The molecule has 10 heavy (non-hydrogen) atoms. The molecule has 0 unspecified atom stereocenters. The van der Waals surface area contributed by atoms with Gasteiger partial charge in [-0.15, -0.1) is 0 Å². The first kappa shape index (κ1) is 9.43. The molecule has 0 aliphatic carbocycles. The minimum atomic E-state index is 0.671. The molecule has 2 N–H and O–H groups in total. The summed E-state index contributed by atoms with van der Waals surface area (Å²) in [7, 11) is 2.07. The van der Waals surface area contributed by atoms with Crippen LogP contribution in [0.1, 0.15) is 13.8 Å². The number of amidine groups is 1. The van der Waals surface area contributed by atoms with Crippen LogP contribution < -0.4 is 5.73 Å². The Kier molecular flexibility index (Phi) is 4.94. The summed E-state index contributed by atoms with van der Waals surface area (Å²) in [6.07, 6.45) is 0. The smallest absolute Gasteiger partial charge is 0.0906 e. The minimum Gasteiger partial charge on any atom is -0.388 e. The Morgan fingerprint density at radius 3 is 2.60 bits per heavy atom. The van der Waals surface area contributed by atoms with Gasteiger partial charge >= 0.3 is 0 Å². The van der Waals surface area contributed by atoms with Crippen molar-refractivity contribution in [2.45, 2.75) is 13.8 Å². The number of hydrogen-bond acceptors (Lipinski definition) is 2. The van der Waals surface area contributed by atoms with Gasteiger partial charge in [0.05, 0.1) is 12.4 Å². The van der Waals surface area contributed by atoms with Gasteiger partial charge in [-0.1, -0.05) is 6.92 Å². The first-order valence-corrected chi connectivity index (χ1v) is 3.62. The first-order valence-electron chi connectivity index (χ1n) is 3.62. The zero-order valence-corrected chi connectivity index (χ0v) is 7.09. The van der Waals surface area contributed by atoms with E-state index in [1.807, 2.05) is 6.92 Å². The van der Waals surface area contributed by atoms with Gasteiger partial charge in [-0.2, -0.15) is 0 Å². The Labute approximate surface area is 62.9 Å². The third-order valence-corrected chi connectivity index (χ3v) is 1.38. The third kappa shape index (κ3) is 5.56. The second-order valence-electron chi connectivity index (χ2n) is 2.42. The number of aliphatic imine (C=N–C) groups is 1. The fourth-order valence-corrected chi connectivity index (χ4v) is 0.555. The molecule has 0 spiro atoms. The second-order valence-corrected chi connectivity index (χ2v) is 2.42. The van der Waals surface area contributed by atoms with Crippen LogP contribution in [0.3, 0.4) is 0 Å². The highest BCUT2D eigenvalue weighted by Crippen LogP contribution is 1.80. The molecule has 0 aromatic heterocycles. The van der Waals surface area contributed by atoms with Crippen molar-refractivity contribution in [3.05, 3.63) is 0 Å². The van der Waals surface area contributed by atoms with Gasteiger partial charge in [0.2, 0.25) is 0 Å². The fraction of sp³-hybridized carbons (Fsp3) is 0.857. The van der Waals surface area contributed by atoms with Crippen LogP contribution in [-0.2, 0) is 0 Å². The monoisotopic (exact) mass is 143 g/mol. The topological polar surface area (TPSA) is 41.6 Å². The van der Waals surface area contributed by atoms with Crippen molar-refractivity contribution in [2.75, 3.05) is 26.7 Å². The predicted molar refractivity (Wildman–Crippen MR) is 45.3 cm³/mol. The van der Waals surface area contributed by atoms with Crippen LogP contribution in [0.4, 0.5) is 0 Å². The number of rotatable bonds is 4. The molecular formula is C7H17N3. The summed E-state index contributed by atoms with van der Waals surface area (Å²) < 4.78 is 0. The van der Waals surface area contributed by atoms with Gasteiger partial charge < -0.3 is 10.6 Å². The van der Waals surface area contributed by atoms with Crippen LogP contribution >= 0.6 is 0 Å². The molecule has 3 heteroatoms. The van der Waals surface area contributed by atoms with Gasteiger partial charge in [0.15, 0.2) is 0 Å². The molecule has 0 saturated heterocycles. The largest absolute Gasteiger partial charge is 0.388 e. The lowest BCUT2D eigenvalue weighted by Gasteiger charge is -2.10. The van der Waals surface area contributed by atoms with Gasteiger partial charge in [-0.3, -0.25) is 4.99 Å². The second kappa shape index (κ2) is 5.23. The highest BCUT2D eigenvalue weighted by Gasteiger charge is 1.90. The number of likely N-dealkylation sites (N-methyl/N-ethyl adjacent to an activating group) is 1. The summed E-state index contributed by atoms with van der Waals surface area (Å²) in [5, 5.41) is 0. The van der Waals surface area contributed by atoms with E-state index in [4.69, 9.17) is 5.73 Å². The molecule has 0 bridgehead atoms. The van der Waals surface area contributed by atoms with E-state index in [1.54, 1.807) is 0 Å². The van der Waals surface area contributed by atoms with Crippen LogP contribution in [0.5, 0.6) is 0 Å². The Hall–Kier alpha value is -0.570. The molecule has 0 heterocycles. The van der Waals surface area contributed by atoms with Gasteiger partial charge in [0.1, 0.15) is 0 Å². The Balaban J connectivity index is 3.28. The number of nitrogens with two attached hydrogens (primary N) is 1. The van der Waals surface area contributed by atoms with E-state index in [0.29, 0.717) is 5.84 Å². The molecule has 0 aliphatic heterocycles. The van der Waals surface area contributed by atoms with Crippen LogP contribution in [0.2, 0.25) is 0 Å². The molecule has 0 fully saturated rings. The highest BCUT2D eigenvalue weighted by molar-refractivity contribution is 5.77. The zero-order valence-electron chi connectivity index (χ0n) is 7.09. The number of hydrogen-bond donors (Lipinski definition) is 1. The van der Waals surface area contributed by atoms with Crippen molar-refractivity contribution in [3.63, 3.8) is 0 Å². The SMILES string of the molecule is CCN(C)CCN=C(C)N. The lowest BCUT2D eigenvalue weighted by Crippen LogP contribution is -2.21. The summed E-state index contributed by atoms with van der Waals surface area (Å²) in [4.78, 5) is 6.27. The van der Waals surface area contributed by atoms with E-state index < -0.39 is 0 Å². The first-order chi connectivity index (χ1) is 4.66. The summed E-state index contributed by atoms with van der Waals surface area (Å²) in [6, 6.07) is 0. The van der Waals surface area contributed by atoms with Crippen LogP contribution in [0.25, 0.3) is 0 Å².